The number of hydrogen-bond donors (Lipinski definition) is 1. The maximum Gasteiger partial charge on any atom is 0.161 e. The lowest BCUT2D eigenvalue weighted by molar-refractivity contribution is 0.177. The molecule has 0 radical (unpaired) electrons. The minimum Gasteiger partial charge on any atom is -0.493 e. The average molecular weight is 272 g/mol. The fourth-order valence-corrected chi connectivity index (χ4v) is 2.30. The first-order valence-electron chi connectivity index (χ1n) is 6.60. The standard InChI is InChI=1S/C17H20O3/c1-12-9-16(19-2)17(20-3)11-14(12)15(18)10-13-7-5-4-6-8-13/h4-9,11,15,18H,10H2,1-3H3. The van der Waals surface area contributed by atoms with Crippen LogP contribution in [0.1, 0.15) is 22.8 Å². The fraction of sp³-hybridized carbons (Fsp3) is 0.294. The van der Waals surface area contributed by atoms with Crippen molar-refractivity contribution in [2.45, 2.75) is 19.4 Å². The molecular weight excluding hydrogens is 252 g/mol. The molecule has 0 bridgehead atoms. The molecule has 1 N–H and O–H groups in total. The summed E-state index contributed by atoms with van der Waals surface area (Å²) in [6.45, 7) is 1.96. The van der Waals surface area contributed by atoms with Crippen molar-refractivity contribution >= 4 is 0 Å². The normalized spacial score (nSPS) is 12.0. The Balaban J connectivity index is 2.27. The van der Waals surface area contributed by atoms with Crippen molar-refractivity contribution in [1.82, 2.24) is 0 Å². The Morgan fingerprint density at radius 1 is 1.00 bits per heavy atom. The maximum atomic E-state index is 10.4. The molecule has 2 aromatic carbocycles. The predicted molar refractivity (Wildman–Crippen MR) is 79.4 cm³/mol. The van der Waals surface area contributed by atoms with Crippen LogP contribution in [0.3, 0.4) is 0 Å². The van der Waals surface area contributed by atoms with E-state index in [4.69, 9.17) is 9.47 Å². The number of rotatable bonds is 5. The number of methoxy groups -OCH3 is 2. The van der Waals surface area contributed by atoms with Gasteiger partial charge in [0.2, 0.25) is 0 Å². The highest BCUT2D eigenvalue weighted by molar-refractivity contribution is 5.48. The largest absolute Gasteiger partial charge is 0.493 e. The van der Waals surface area contributed by atoms with Crippen LogP contribution >= 0.6 is 0 Å². The van der Waals surface area contributed by atoms with Gasteiger partial charge in [0, 0.05) is 6.42 Å². The zero-order valence-electron chi connectivity index (χ0n) is 12.1. The lowest BCUT2D eigenvalue weighted by Crippen LogP contribution is -2.05. The van der Waals surface area contributed by atoms with Crippen LogP contribution in [0.4, 0.5) is 0 Å². The zero-order chi connectivity index (χ0) is 14.5. The fourth-order valence-electron chi connectivity index (χ4n) is 2.30. The van der Waals surface area contributed by atoms with Gasteiger partial charge in [-0.05, 0) is 35.7 Å². The lowest BCUT2D eigenvalue weighted by Gasteiger charge is -2.17. The Hall–Kier alpha value is -2.00. The first-order valence-corrected chi connectivity index (χ1v) is 6.60. The number of aliphatic hydroxyl groups excluding tert-OH is 1. The highest BCUT2D eigenvalue weighted by Crippen LogP contribution is 2.33. The molecule has 3 nitrogen and oxygen atoms in total. The molecule has 2 rings (SSSR count). The van der Waals surface area contributed by atoms with Crippen LogP contribution in [0, 0.1) is 6.92 Å². The minimum absolute atomic E-state index is 0.558. The molecule has 0 saturated heterocycles. The number of aryl methyl sites for hydroxylation is 1. The third-order valence-corrected chi connectivity index (χ3v) is 3.40. The second-order valence-electron chi connectivity index (χ2n) is 4.77. The van der Waals surface area contributed by atoms with Gasteiger partial charge in [-0.15, -0.1) is 0 Å². The molecule has 0 saturated carbocycles. The van der Waals surface area contributed by atoms with Crippen LogP contribution in [0.5, 0.6) is 11.5 Å². The SMILES string of the molecule is COc1cc(C)c(C(O)Cc2ccccc2)cc1OC. The van der Waals surface area contributed by atoms with Crippen molar-refractivity contribution < 1.29 is 14.6 Å². The molecule has 0 aliphatic carbocycles. The number of ether oxygens (including phenoxy) is 2. The van der Waals surface area contributed by atoms with Gasteiger partial charge in [0.25, 0.3) is 0 Å². The van der Waals surface area contributed by atoms with Gasteiger partial charge in [-0.3, -0.25) is 0 Å². The highest BCUT2D eigenvalue weighted by atomic mass is 16.5. The van der Waals surface area contributed by atoms with Crippen LogP contribution in [0.25, 0.3) is 0 Å². The van der Waals surface area contributed by atoms with Crippen molar-refractivity contribution in [3.8, 4) is 11.5 Å². The van der Waals surface area contributed by atoms with E-state index < -0.39 is 6.10 Å². The van der Waals surface area contributed by atoms with Crippen molar-refractivity contribution in [1.29, 1.82) is 0 Å². The van der Waals surface area contributed by atoms with E-state index in [1.807, 2.05) is 49.4 Å². The van der Waals surface area contributed by atoms with Gasteiger partial charge in [0.05, 0.1) is 20.3 Å². The molecule has 1 atom stereocenters. The summed E-state index contributed by atoms with van der Waals surface area (Å²) < 4.78 is 10.6. The van der Waals surface area contributed by atoms with E-state index in [9.17, 15) is 5.11 Å². The van der Waals surface area contributed by atoms with E-state index >= 15 is 0 Å². The first kappa shape index (κ1) is 14.4. The Morgan fingerprint density at radius 2 is 1.60 bits per heavy atom. The van der Waals surface area contributed by atoms with Crippen LogP contribution < -0.4 is 9.47 Å². The van der Waals surface area contributed by atoms with Crippen LogP contribution in [-0.4, -0.2) is 19.3 Å². The topological polar surface area (TPSA) is 38.7 Å². The maximum absolute atomic E-state index is 10.4. The summed E-state index contributed by atoms with van der Waals surface area (Å²) in [4.78, 5) is 0. The monoisotopic (exact) mass is 272 g/mol. The molecule has 20 heavy (non-hydrogen) atoms. The summed E-state index contributed by atoms with van der Waals surface area (Å²) in [5.41, 5.74) is 2.96. The number of benzene rings is 2. The molecule has 3 heteroatoms. The van der Waals surface area contributed by atoms with E-state index in [1.54, 1.807) is 14.2 Å². The van der Waals surface area contributed by atoms with E-state index in [1.165, 1.54) is 0 Å². The minimum atomic E-state index is -0.558. The average Bonchev–Trinajstić information content (AvgIpc) is 2.47. The number of aliphatic hydroxyl groups is 1. The van der Waals surface area contributed by atoms with Gasteiger partial charge in [-0.25, -0.2) is 0 Å². The molecular formula is C17H20O3. The molecule has 0 amide bonds. The van der Waals surface area contributed by atoms with Crippen molar-refractivity contribution in [3.63, 3.8) is 0 Å². The van der Waals surface area contributed by atoms with Gasteiger partial charge in [-0.1, -0.05) is 30.3 Å². The van der Waals surface area contributed by atoms with Crippen molar-refractivity contribution in [2.75, 3.05) is 14.2 Å². The van der Waals surface area contributed by atoms with Gasteiger partial charge < -0.3 is 14.6 Å². The van der Waals surface area contributed by atoms with Crippen molar-refractivity contribution in [2.24, 2.45) is 0 Å². The summed E-state index contributed by atoms with van der Waals surface area (Å²) in [7, 11) is 3.21. The third kappa shape index (κ3) is 3.11. The number of hydrogen-bond acceptors (Lipinski definition) is 3. The van der Waals surface area contributed by atoms with Gasteiger partial charge in [0.1, 0.15) is 0 Å². The molecule has 0 aliphatic heterocycles. The van der Waals surface area contributed by atoms with Crippen LogP contribution in [0.2, 0.25) is 0 Å². The summed E-state index contributed by atoms with van der Waals surface area (Å²) in [5.74, 6) is 1.32. The molecule has 0 aliphatic rings. The smallest absolute Gasteiger partial charge is 0.161 e. The van der Waals surface area contributed by atoms with E-state index in [-0.39, 0.29) is 0 Å². The Kier molecular flexibility index (Phi) is 4.64. The second-order valence-corrected chi connectivity index (χ2v) is 4.77. The molecule has 0 fully saturated rings. The summed E-state index contributed by atoms with van der Waals surface area (Å²) >= 11 is 0. The molecule has 2 aromatic rings. The molecule has 0 spiro atoms. The second kappa shape index (κ2) is 6.44. The van der Waals surface area contributed by atoms with Gasteiger partial charge in [0.15, 0.2) is 11.5 Å². The van der Waals surface area contributed by atoms with E-state index in [2.05, 4.69) is 0 Å². The summed E-state index contributed by atoms with van der Waals surface area (Å²) in [6, 6.07) is 13.7. The first-order chi connectivity index (χ1) is 9.65. The highest BCUT2D eigenvalue weighted by Gasteiger charge is 2.15. The van der Waals surface area contributed by atoms with Gasteiger partial charge in [-0.2, -0.15) is 0 Å². The molecule has 0 heterocycles. The Morgan fingerprint density at radius 3 is 2.20 bits per heavy atom. The van der Waals surface area contributed by atoms with Gasteiger partial charge >= 0.3 is 0 Å². The summed E-state index contributed by atoms with van der Waals surface area (Å²) in [5, 5.41) is 10.4. The van der Waals surface area contributed by atoms with E-state index in [0.717, 1.165) is 16.7 Å². The zero-order valence-corrected chi connectivity index (χ0v) is 12.1. The predicted octanol–water partition coefficient (Wildman–Crippen LogP) is 3.29. The summed E-state index contributed by atoms with van der Waals surface area (Å²) in [6.07, 6.45) is 0.0224. The Bertz CT molecular complexity index is 564. The molecule has 106 valence electrons. The van der Waals surface area contributed by atoms with Crippen LogP contribution in [0.15, 0.2) is 42.5 Å². The van der Waals surface area contributed by atoms with Crippen molar-refractivity contribution in [3.05, 3.63) is 59.2 Å². The third-order valence-electron chi connectivity index (χ3n) is 3.40. The molecule has 1 unspecified atom stereocenters. The lowest BCUT2D eigenvalue weighted by atomic mass is 9.97. The quantitative estimate of drug-likeness (QED) is 0.907. The van der Waals surface area contributed by atoms with E-state index in [0.29, 0.717) is 17.9 Å². The van der Waals surface area contributed by atoms with Crippen LogP contribution in [-0.2, 0) is 6.42 Å². The Labute approximate surface area is 119 Å². The molecule has 0 aromatic heterocycles.